The number of allylic oxidation sites excluding steroid dienone is 2. The van der Waals surface area contributed by atoms with Gasteiger partial charge in [0, 0.05) is 43.0 Å². The predicted octanol–water partition coefficient (Wildman–Crippen LogP) is 4.85. The van der Waals surface area contributed by atoms with Crippen LogP contribution in [0, 0.1) is 4.91 Å². The fourth-order valence-electron chi connectivity index (χ4n) is 4.34. The molecule has 0 saturated carbocycles. The van der Waals surface area contributed by atoms with Gasteiger partial charge in [-0.25, -0.2) is 9.97 Å². The zero-order valence-electron chi connectivity index (χ0n) is 19.2. The summed E-state index contributed by atoms with van der Waals surface area (Å²) in [6.45, 7) is 3.53. The maximum atomic E-state index is 12.0. The lowest BCUT2D eigenvalue weighted by Crippen LogP contribution is -2.06. The lowest BCUT2D eigenvalue weighted by atomic mass is 10.00. The number of aliphatic imine (C=N–C) groups is 1. The van der Waals surface area contributed by atoms with Crippen LogP contribution in [0.5, 0.6) is 5.88 Å². The van der Waals surface area contributed by atoms with Gasteiger partial charge in [-0.2, -0.15) is 0 Å². The number of pyridine rings is 1. The van der Waals surface area contributed by atoms with Crippen molar-refractivity contribution in [3.8, 4) is 17.0 Å². The van der Waals surface area contributed by atoms with Crippen LogP contribution in [-0.4, -0.2) is 34.8 Å². The largest absolute Gasteiger partial charge is 0.481 e. The molecule has 0 aliphatic carbocycles. The van der Waals surface area contributed by atoms with E-state index in [4.69, 9.17) is 9.72 Å². The third kappa shape index (κ3) is 3.78. The molecule has 1 aliphatic rings. The lowest BCUT2D eigenvalue weighted by Gasteiger charge is -2.10. The fourth-order valence-corrected chi connectivity index (χ4v) is 4.34. The summed E-state index contributed by atoms with van der Waals surface area (Å²) in [6, 6.07) is 15.8. The van der Waals surface area contributed by atoms with Crippen molar-refractivity contribution in [2.75, 3.05) is 14.2 Å². The number of aromatic amines is 1. The van der Waals surface area contributed by atoms with Gasteiger partial charge < -0.3 is 15.0 Å². The number of aromatic nitrogens is 3. The molecule has 2 N–H and O–H groups in total. The number of fused-ring (bicyclic) bond motifs is 2. The van der Waals surface area contributed by atoms with Crippen molar-refractivity contribution in [1.82, 2.24) is 20.3 Å². The van der Waals surface area contributed by atoms with Crippen LogP contribution in [0.15, 0.2) is 70.6 Å². The second-order valence-electron chi connectivity index (χ2n) is 8.10. The SMILES string of the molecule is CN=C(/C(N=O)=C(\C)c1nc2cc3c(cc2[nH]1)CNC3)c1ccc(-c2cccnc2OC)cc1. The van der Waals surface area contributed by atoms with Gasteiger partial charge >= 0.3 is 0 Å². The number of nitroso groups, excluding NO2 is 1. The van der Waals surface area contributed by atoms with Crippen molar-refractivity contribution in [2.45, 2.75) is 20.0 Å². The van der Waals surface area contributed by atoms with Gasteiger partial charge in [-0.1, -0.05) is 24.3 Å². The lowest BCUT2D eigenvalue weighted by molar-refractivity contribution is 0.399. The maximum Gasteiger partial charge on any atom is 0.221 e. The molecular formula is C26H24N6O2. The molecule has 34 heavy (non-hydrogen) atoms. The number of imidazole rings is 1. The van der Waals surface area contributed by atoms with Crippen LogP contribution in [0.1, 0.15) is 29.4 Å². The summed E-state index contributed by atoms with van der Waals surface area (Å²) in [6.07, 6.45) is 1.69. The predicted molar refractivity (Wildman–Crippen MR) is 134 cm³/mol. The van der Waals surface area contributed by atoms with E-state index in [-0.39, 0.29) is 5.70 Å². The number of hydrogen-bond donors (Lipinski definition) is 2. The maximum absolute atomic E-state index is 12.0. The molecular weight excluding hydrogens is 428 g/mol. The highest BCUT2D eigenvalue weighted by atomic mass is 16.5. The monoisotopic (exact) mass is 452 g/mol. The Kier molecular flexibility index (Phi) is 5.73. The molecule has 4 aromatic rings. The van der Waals surface area contributed by atoms with E-state index in [1.165, 1.54) is 11.1 Å². The Labute approximate surface area is 196 Å². The van der Waals surface area contributed by atoms with Crippen molar-refractivity contribution in [2.24, 2.45) is 10.2 Å². The van der Waals surface area contributed by atoms with Crippen LogP contribution in [0.4, 0.5) is 0 Å². The first-order valence-corrected chi connectivity index (χ1v) is 11.0. The van der Waals surface area contributed by atoms with Gasteiger partial charge in [-0.05, 0) is 53.1 Å². The summed E-state index contributed by atoms with van der Waals surface area (Å²) < 4.78 is 5.37. The molecule has 0 atom stereocenters. The van der Waals surface area contributed by atoms with Gasteiger partial charge in [-0.3, -0.25) is 4.99 Å². The summed E-state index contributed by atoms with van der Waals surface area (Å²) in [5.41, 5.74) is 8.33. The molecule has 5 rings (SSSR count). The van der Waals surface area contributed by atoms with E-state index in [0.717, 1.165) is 40.8 Å². The number of methoxy groups -OCH3 is 1. The minimum Gasteiger partial charge on any atom is -0.481 e. The Bertz CT molecular complexity index is 1410. The molecule has 0 spiro atoms. The highest BCUT2D eigenvalue weighted by Gasteiger charge is 2.19. The van der Waals surface area contributed by atoms with Gasteiger partial charge in [-0.15, -0.1) is 4.91 Å². The third-order valence-corrected chi connectivity index (χ3v) is 6.12. The number of nitrogens with zero attached hydrogens (tertiary/aromatic N) is 4. The van der Waals surface area contributed by atoms with Crippen molar-refractivity contribution >= 4 is 22.3 Å². The Morgan fingerprint density at radius 1 is 1.09 bits per heavy atom. The van der Waals surface area contributed by atoms with Crippen LogP contribution in [0.25, 0.3) is 27.7 Å². The molecule has 2 aromatic heterocycles. The summed E-state index contributed by atoms with van der Waals surface area (Å²) in [4.78, 5) is 28.7. The summed E-state index contributed by atoms with van der Waals surface area (Å²) >= 11 is 0. The molecule has 0 unspecified atom stereocenters. The Morgan fingerprint density at radius 2 is 1.85 bits per heavy atom. The quantitative estimate of drug-likeness (QED) is 0.321. The van der Waals surface area contributed by atoms with Gasteiger partial charge in [0.15, 0.2) is 0 Å². The molecule has 8 nitrogen and oxygen atoms in total. The van der Waals surface area contributed by atoms with E-state index >= 15 is 0 Å². The standard InChI is InChI=1S/C26H24N6O2/c1-15(25-30-21-11-18-13-28-14-19(18)12-22(21)31-25)23(32-33)24(27-2)17-8-6-16(7-9-17)20-5-4-10-29-26(20)34-3/h4-12,28H,13-14H2,1-3H3,(H,30,31)/b23-15-,27-24?. The summed E-state index contributed by atoms with van der Waals surface area (Å²) in [7, 11) is 3.25. The van der Waals surface area contributed by atoms with E-state index in [1.807, 2.05) is 43.3 Å². The zero-order chi connectivity index (χ0) is 23.7. The number of benzene rings is 2. The molecule has 1 aliphatic heterocycles. The average Bonchev–Trinajstić information content (AvgIpc) is 3.51. The van der Waals surface area contributed by atoms with Crippen LogP contribution in [0.3, 0.4) is 0 Å². The van der Waals surface area contributed by atoms with Gasteiger partial charge in [0.1, 0.15) is 11.5 Å². The highest BCUT2D eigenvalue weighted by Crippen LogP contribution is 2.30. The summed E-state index contributed by atoms with van der Waals surface area (Å²) in [5, 5.41) is 6.70. The second-order valence-corrected chi connectivity index (χ2v) is 8.10. The van der Waals surface area contributed by atoms with Crippen LogP contribution in [0.2, 0.25) is 0 Å². The number of H-pyrrole nitrogens is 1. The first-order valence-electron chi connectivity index (χ1n) is 11.0. The number of ether oxygens (including phenoxy) is 1. The van der Waals surface area contributed by atoms with Crippen LogP contribution >= 0.6 is 0 Å². The first-order chi connectivity index (χ1) is 16.6. The fraction of sp³-hybridized carbons (Fsp3) is 0.192. The molecule has 170 valence electrons. The van der Waals surface area contributed by atoms with Gasteiger partial charge in [0.25, 0.3) is 0 Å². The van der Waals surface area contributed by atoms with Crippen molar-refractivity contribution < 1.29 is 4.74 Å². The van der Waals surface area contributed by atoms with Crippen LogP contribution < -0.4 is 10.1 Å². The molecule has 0 amide bonds. The second kappa shape index (κ2) is 8.99. The average molecular weight is 453 g/mol. The molecule has 0 radical (unpaired) electrons. The van der Waals surface area contributed by atoms with Crippen LogP contribution in [-0.2, 0) is 13.1 Å². The van der Waals surface area contributed by atoms with Gasteiger partial charge in [0.05, 0.1) is 23.9 Å². The Balaban J connectivity index is 1.51. The third-order valence-electron chi connectivity index (χ3n) is 6.12. The molecule has 0 bridgehead atoms. The number of rotatable bonds is 6. The smallest absolute Gasteiger partial charge is 0.221 e. The van der Waals surface area contributed by atoms with Crippen molar-refractivity contribution in [3.05, 3.63) is 87.8 Å². The molecule has 0 saturated heterocycles. The van der Waals surface area contributed by atoms with E-state index in [9.17, 15) is 4.91 Å². The minimum absolute atomic E-state index is 0.252. The minimum atomic E-state index is 0.252. The van der Waals surface area contributed by atoms with E-state index < -0.39 is 0 Å². The number of nitrogens with one attached hydrogen (secondary N) is 2. The van der Waals surface area contributed by atoms with E-state index in [0.29, 0.717) is 23.0 Å². The molecule has 8 heteroatoms. The van der Waals surface area contributed by atoms with E-state index in [2.05, 4.69) is 37.6 Å². The first kappa shape index (κ1) is 21.7. The van der Waals surface area contributed by atoms with Crippen molar-refractivity contribution in [1.29, 1.82) is 0 Å². The van der Waals surface area contributed by atoms with Crippen molar-refractivity contribution in [3.63, 3.8) is 0 Å². The normalized spacial score (nSPS) is 14.1. The van der Waals surface area contributed by atoms with Gasteiger partial charge in [0.2, 0.25) is 5.88 Å². The molecule has 0 fully saturated rings. The molecule has 2 aromatic carbocycles. The molecule has 3 heterocycles. The topological polar surface area (TPSA) is 105 Å². The highest BCUT2D eigenvalue weighted by molar-refractivity contribution is 6.16. The van der Waals surface area contributed by atoms with E-state index in [1.54, 1.807) is 20.4 Å². The number of hydrogen-bond acceptors (Lipinski definition) is 7. The zero-order valence-corrected chi connectivity index (χ0v) is 19.2. The Morgan fingerprint density at radius 3 is 2.56 bits per heavy atom. The Hall–Kier alpha value is -4.17. The summed E-state index contributed by atoms with van der Waals surface area (Å²) in [5.74, 6) is 1.16.